The van der Waals surface area contributed by atoms with Crippen LogP contribution in [0.5, 0.6) is 28.7 Å². The number of rotatable bonds is 2. The first kappa shape index (κ1) is 25.0. The lowest BCUT2D eigenvalue weighted by Crippen LogP contribution is -2.35. The Kier molecular flexibility index (Phi) is 5.24. The summed E-state index contributed by atoms with van der Waals surface area (Å²) < 4.78 is 10.8. The number of cyclic esters (lactones) is 1. The molecular weight excluding hydrogens is 524 g/mol. The third-order valence-electron chi connectivity index (χ3n) is 7.69. The highest BCUT2D eigenvalue weighted by molar-refractivity contribution is 6.32. The van der Waals surface area contributed by atoms with Crippen molar-refractivity contribution in [3.8, 4) is 39.9 Å². The average molecular weight is 546 g/mol. The van der Waals surface area contributed by atoms with E-state index in [9.17, 15) is 39.6 Å². The predicted molar refractivity (Wildman–Crippen MR) is 136 cm³/mol. The third kappa shape index (κ3) is 3.06. The molecule has 1 heterocycles. The first-order valence-corrected chi connectivity index (χ1v) is 12.2. The van der Waals surface area contributed by atoms with Crippen LogP contribution in [-0.2, 0) is 17.6 Å². The summed E-state index contributed by atoms with van der Waals surface area (Å²) >= 11 is 0. The lowest BCUT2D eigenvalue weighted by molar-refractivity contribution is 0.0336. The number of methoxy groups -OCH3 is 1. The maximum Gasteiger partial charge on any atom is 0.344 e. The van der Waals surface area contributed by atoms with Crippen molar-refractivity contribution < 1.29 is 49.1 Å². The number of phenols is 4. The highest BCUT2D eigenvalue weighted by Gasteiger charge is 2.44. The number of fused-ring (bicyclic) bond motifs is 6. The Morgan fingerprint density at radius 2 is 1.60 bits per heavy atom. The van der Waals surface area contributed by atoms with E-state index >= 15 is 0 Å². The van der Waals surface area contributed by atoms with Crippen LogP contribution in [0.2, 0.25) is 0 Å². The van der Waals surface area contributed by atoms with Gasteiger partial charge < -0.3 is 35.2 Å². The summed E-state index contributed by atoms with van der Waals surface area (Å²) in [4.78, 5) is 52.0. The number of aromatic hydroxyl groups is 4. The topological polar surface area (TPSA) is 192 Å². The van der Waals surface area contributed by atoms with Gasteiger partial charge in [-0.1, -0.05) is 0 Å². The first-order valence-electron chi connectivity index (χ1n) is 12.2. The smallest absolute Gasteiger partial charge is 0.344 e. The van der Waals surface area contributed by atoms with E-state index in [0.717, 1.165) is 6.07 Å². The van der Waals surface area contributed by atoms with Gasteiger partial charge in [-0.2, -0.15) is 0 Å². The van der Waals surface area contributed by atoms with Gasteiger partial charge in [0.1, 0.15) is 34.3 Å². The van der Waals surface area contributed by atoms with Gasteiger partial charge in [-0.15, -0.1) is 0 Å². The van der Waals surface area contributed by atoms with Gasteiger partial charge in [-0.3, -0.25) is 14.9 Å². The van der Waals surface area contributed by atoms with Crippen molar-refractivity contribution in [3.63, 3.8) is 0 Å². The van der Waals surface area contributed by atoms with Gasteiger partial charge in [-0.25, -0.2) is 9.59 Å². The van der Waals surface area contributed by atoms with Gasteiger partial charge in [0.2, 0.25) is 12.0 Å². The van der Waals surface area contributed by atoms with Crippen molar-refractivity contribution in [1.29, 1.82) is 0 Å². The van der Waals surface area contributed by atoms with Gasteiger partial charge in [0, 0.05) is 40.4 Å². The minimum Gasteiger partial charge on any atom is -0.508 e. The fourth-order valence-corrected chi connectivity index (χ4v) is 5.79. The van der Waals surface area contributed by atoms with Gasteiger partial charge in [0.25, 0.3) is 0 Å². The van der Waals surface area contributed by atoms with Crippen LogP contribution < -0.4 is 15.4 Å². The van der Waals surface area contributed by atoms with Gasteiger partial charge in [0.05, 0.1) is 23.8 Å². The maximum atomic E-state index is 13.7. The fraction of sp³-hybridized carbons (Fsp3) is 0.214. The van der Waals surface area contributed by atoms with E-state index in [0.29, 0.717) is 11.1 Å². The van der Waals surface area contributed by atoms with Crippen LogP contribution in [0, 0.1) is 6.92 Å². The molecule has 0 saturated carbocycles. The maximum absolute atomic E-state index is 13.7. The number of esters is 1. The zero-order valence-electron chi connectivity index (χ0n) is 21.4. The largest absolute Gasteiger partial charge is 0.508 e. The number of phenolic OH excluding ortho intramolecular Hbond substituents is 4. The van der Waals surface area contributed by atoms with Crippen LogP contribution in [-0.4, -0.2) is 58.2 Å². The van der Waals surface area contributed by atoms with Gasteiger partial charge in [-0.05, 0) is 37.5 Å². The molecule has 6 N–H and O–H groups in total. The second kappa shape index (κ2) is 8.37. The molecule has 6 rings (SSSR count). The SMILES string of the molecule is CNC(=O)NC1OC(=O)c2c1cc1c(c2O)-c2c(O)c3c(c(OC)c2CC1)C(=O)c1c(cc(O)c(C)c1O)C3=O. The van der Waals surface area contributed by atoms with Crippen LogP contribution in [0.15, 0.2) is 12.1 Å². The molecule has 0 radical (unpaired) electrons. The number of hydrogen-bond donors (Lipinski definition) is 6. The van der Waals surface area contributed by atoms with Crippen LogP contribution in [0.25, 0.3) is 11.1 Å². The summed E-state index contributed by atoms with van der Waals surface area (Å²) in [5, 5.41) is 48.6. The lowest BCUT2D eigenvalue weighted by Gasteiger charge is -2.30. The van der Waals surface area contributed by atoms with Crippen molar-refractivity contribution in [2.75, 3.05) is 14.2 Å². The summed E-state index contributed by atoms with van der Waals surface area (Å²) in [5.41, 5.74) is -0.447. The second-order valence-corrected chi connectivity index (χ2v) is 9.67. The minimum absolute atomic E-state index is 0.00202. The molecule has 0 saturated heterocycles. The third-order valence-corrected chi connectivity index (χ3v) is 7.69. The lowest BCUT2D eigenvalue weighted by atomic mass is 9.75. The number of ketones is 2. The Morgan fingerprint density at radius 3 is 2.27 bits per heavy atom. The van der Waals surface area contributed by atoms with E-state index in [1.807, 2.05) is 0 Å². The van der Waals surface area contributed by atoms with E-state index in [4.69, 9.17) is 9.47 Å². The number of nitrogens with one attached hydrogen (secondary N) is 2. The molecule has 3 aromatic rings. The number of benzene rings is 3. The molecule has 3 aliphatic rings. The highest BCUT2D eigenvalue weighted by atomic mass is 16.6. The Bertz CT molecular complexity index is 1760. The molecule has 0 bridgehead atoms. The van der Waals surface area contributed by atoms with Crippen LogP contribution in [0.4, 0.5) is 4.79 Å². The monoisotopic (exact) mass is 546 g/mol. The number of carbonyl (C=O) groups is 4. The van der Waals surface area contributed by atoms with Crippen molar-refractivity contribution in [2.24, 2.45) is 0 Å². The number of carbonyl (C=O) groups excluding carboxylic acids is 4. The molecule has 0 spiro atoms. The molecular formula is C28H22N2O10. The number of urea groups is 1. The standard InChI is InChI=1S/C28H22N2O10/c1-8-13(31)7-11-16(20(8)32)24(36)19-18(21(11)33)23(35)15-10(25(19)39-3)5-4-9-6-12-17(22(34)14(9)15)27(37)40-26(12)30-28(38)29-2/h6-7,26,31-32,34-35H,4-5H2,1-3H3,(H2,29,30,38). The molecule has 1 aliphatic heterocycles. The molecule has 204 valence electrons. The number of amides is 2. The summed E-state index contributed by atoms with van der Waals surface area (Å²) in [6, 6.07) is 2.01. The van der Waals surface area contributed by atoms with Crippen LogP contribution in [0.1, 0.15) is 70.7 Å². The quantitative estimate of drug-likeness (QED) is 0.204. The zero-order chi connectivity index (χ0) is 28.8. The Hall–Kier alpha value is -5.26. The second-order valence-electron chi connectivity index (χ2n) is 9.67. The summed E-state index contributed by atoms with van der Waals surface area (Å²) in [7, 11) is 2.67. The van der Waals surface area contributed by atoms with Crippen LogP contribution in [0.3, 0.4) is 0 Å². The Labute approximate surface area is 225 Å². The Balaban J connectivity index is 1.63. The average Bonchev–Trinajstić information content (AvgIpc) is 3.24. The molecule has 2 amide bonds. The van der Waals surface area contributed by atoms with Crippen LogP contribution >= 0.6 is 0 Å². The minimum atomic E-state index is -1.16. The first-order chi connectivity index (χ1) is 19.0. The molecule has 0 fully saturated rings. The normalized spacial score (nSPS) is 16.3. The molecule has 40 heavy (non-hydrogen) atoms. The summed E-state index contributed by atoms with van der Waals surface area (Å²) in [5.74, 6) is -4.70. The van der Waals surface area contributed by atoms with Crippen molar-refractivity contribution >= 4 is 23.6 Å². The van der Waals surface area contributed by atoms with Gasteiger partial charge in [0.15, 0.2) is 5.78 Å². The molecule has 2 aliphatic carbocycles. The number of ether oxygens (including phenoxy) is 2. The van der Waals surface area contributed by atoms with Crippen molar-refractivity contribution in [1.82, 2.24) is 10.6 Å². The molecule has 1 unspecified atom stereocenters. The Morgan fingerprint density at radius 1 is 0.900 bits per heavy atom. The van der Waals surface area contributed by atoms with E-state index < -0.39 is 58.4 Å². The zero-order valence-corrected chi connectivity index (χ0v) is 21.4. The number of aryl methyl sites for hydroxylation is 1. The molecule has 3 aromatic carbocycles. The van der Waals surface area contributed by atoms with Crippen molar-refractivity contribution in [2.45, 2.75) is 26.0 Å². The van der Waals surface area contributed by atoms with E-state index in [1.165, 1.54) is 21.1 Å². The van der Waals surface area contributed by atoms with Gasteiger partial charge >= 0.3 is 12.0 Å². The summed E-state index contributed by atoms with van der Waals surface area (Å²) in [6.45, 7) is 1.39. The number of hydrogen-bond acceptors (Lipinski definition) is 10. The predicted octanol–water partition coefficient (Wildman–Crippen LogP) is 2.47. The van der Waals surface area contributed by atoms with E-state index in [2.05, 4.69) is 10.6 Å². The van der Waals surface area contributed by atoms with E-state index in [1.54, 1.807) is 6.07 Å². The molecule has 12 heteroatoms. The highest BCUT2D eigenvalue weighted by Crippen LogP contribution is 2.55. The fourth-order valence-electron chi connectivity index (χ4n) is 5.79. The summed E-state index contributed by atoms with van der Waals surface area (Å²) in [6.07, 6.45) is -0.677. The molecule has 1 atom stereocenters. The molecule has 0 aromatic heterocycles. The van der Waals surface area contributed by atoms with Crippen molar-refractivity contribution in [3.05, 3.63) is 62.2 Å². The molecule has 12 nitrogen and oxygen atoms in total. The van der Waals surface area contributed by atoms with E-state index in [-0.39, 0.29) is 63.1 Å².